The first-order valence-electron chi connectivity index (χ1n) is 7.97. The summed E-state index contributed by atoms with van der Waals surface area (Å²) < 4.78 is 10.8. The molecular weight excluding hydrogens is 264 g/mol. The quantitative estimate of drug-likeness (QED) is 0.926. The number of likely N-dealkylation sites (tertiary alicyclic amines) is 1. The van der Waals surface area contributed by atoms with E-state index in [1.165, 1.54) is 19.3 Å². The Balaban J connectivity index is 1.58. The van der Waals surface area contributed by atoms with Gasteiger partial charge in [-0.25, -0.2) is 0 Å². The Morgan fingerprint density at radius 2 is 1.95 bits per heavy atom. The van der Waals surface area contributed by atoms with Gasteiger partial charge in [0.25, 0.3) is 0 Å². The highest BCUT2D eigenvalue weighted by molar-refractivity contribution is 5.45. The summed E-state index contributed by atoms with van der Waals surface area (Å²) in [7, 11) is 0. The number of piperidine rings is 1. The lowest BCUT2D eigenvalue weighted by molar-refractivity contribution is 0.110. The molecular formula is C17H26N2O2. The van der Waals surface area contributed by atoms with Gasteiger partial charge in [0.2, 0.25) is 6.79 Å². The zero-order valence-corrected chi connectivity index (χ0v) is 13.1. The van der Waals surface area contributed by atoms with Crippen LogP contribution in [-0.4, -0.2) is 31.3 Å². The Labute approximate surface area is 127 Å². The van der Waals surface area contributed by atoms with E-state index in [2.05, 4.69) is 24.8 Å². The van der Waals surface area contributed by atoms with Gasteiger partial charge in [-0.05, 0) is 49.0 Å². The number of ether oxygens (including phenoxy) is 2. The third-order valence-corrected chi connectivity index (χ3v) is 5.20. The highest BCUT2D eigenvalue weighted by atomic mass is 16.7. The van der Waals surface area contributed by atoms with Crippen molar-refractivity contribution in [3.63, 3.8) is 0 Å². The van der Waals surface area contributed by atoms with Crippen molar-refractivity contribution in [2.45, 2.75) is 39.2 Å². The fourth-order valence-electron chi connectivity index (χ4n) is 3.16. The highest BCUT2D eigenvalue weighted by Crippen LogP contribution is 2.36. The van der Waals surface area contributed by atoms with Gasteiger partial charge in [0.15, 0.2) is 11.5 Å². The average molecular weight is 290 g/mol. The smallest absolute Gasteiger partial charge is 0.231 e. The van der Waals surface area contributed by atoms with Crippen LogP contribution in [0, 0.1) is 5.41 Å². The predicted molar refractivity (Wildman–Crippen MR) is 83.6 cm³/mol. The molecule has 2 aliphatic rings. The zero-order chi connectivity index (χ0) is 14.9. The summed E-state index contributed by atoms with van der Waals surface area (Å²) >= 11 is 0. The van der Waals surface area contributed by atoms with Gasteiger partial charge in [-0.2, -0.15) is 0 Å². The van der Waals surface area contributed by atoms with Crippen LogP contribution in [-0.2, 0) is 0 Å². The molecule has 1 saturated heterocycles. The van der Waals surface area contributed by atoms with Gasteiger partial charge in [0.05, 0.1) is 0 Å². The molecule has 2 aliphatic heterocycles. The van der Waals surface area contributed by atoms with Crippen LogP contribution >= 0.6 is 0 Å². The third-order valence-electron chi connectivity index (χ3n) is 5.20. The molecule has 2 heterocycles. The van der Waals surface area contributed by atoms with Crippen LogP contribution in [0.25, 0.3) is 0 Å². The van der Waals surface area contributed by atoms with Crippen molar-refractivity contribution in [3.8, 4) is 11.5 Å². The summed E-state index contributed by atoms with van der Waals surface area (Å²) in [6.07, 6.45) is 3.82. The fourth-order valence-corrected chi connectivity index (χ4v) is 3.16. The molecule has 4 heteroatoms. The molecule has 2 N–H and O–H groups in total. The monoisotopic (exact) mass is 290 g/mol. The highest BCUT2D eigenvalue weighted by Gasteiger charge is 2.29. The van der Waals surface area contributed by atoms with Crippen molar-refractivity contribution in [2.75, 3.05) is 26.4 Å². The van der Waals surface area contributed by atoms with E-state index in [1.54, 1.807) is 0 Å². The van der Waals surface area contributed by atoms with Gasteiger partial charge in [-0.1, -0.05) is 26.3 Å². The molecule has 21 heavy (non-hydrogen) atoms. The maximum absolute atomic E-state index is 6.38. The molecule has 0 radical (unpaired) electrons. The number of rotatable bonds is 4. The first-order chi connectivity index (χ1) is 10.1. The largest absolute Gasteiger partial charge is 0.454 e. The van der Waals surface area contributed by atoms with E-state index < -0.39 is 0 Å². The first-order valence-corrected chi connectivity index (χ1v) is 7.97. The number of nitrogens with zero attached hydrogens (tertiary/aromatic N) is 1. The lowest BCUT2D eigenvalue weighted by Gasteiger charge is -2.39. The van der Waals surface area contributed by atoms with E-state index >= 15 is 0 Å². The van der Waals surface area contributed by atoms with Crippen molar-refractivity contribution < 1.29 is 9.47 Å². The summed E-state index contributed by atoms with van der Waals surface area (Å²) in [5.74, 6) is 1.64. The molecule has 0 spiro atoms. The zero-order valence-electron chi connectivity index (χ0n) is 13.1. The van der Waals surface area contributed by atoms with E-state index in [9.17, 15) is 0 Å². The fraction of sp³-hybridized carbons (Fsp3) is 0.647. The number of hydrogen-bond acceptors (Lipinski definition) is 4. The molecule has 0 bridgehead atoms. The predicted octanol–water partition coefficient (Wildman–Crippen LogP) is 2.93. The Morgan fingerprint density at radius 1 is 1.24 bits per heavy atom. The molecule has 0 amide bonds. The van der Waals surface area contributed by atoms with Crippen molar-refractivity contribution in [2.24, 2.45) is 11.1 Å². The second-order valence-corrected chi connectivity index (χ2v) is 6.68. The summed E-state index contributed by atoms with van der Waals surface area (Å²) in [6.45, 7) is 8.25. The summed E-state index contributed by atoms with van der Waals surface area (Å²) in [5.41, 5.74) is 8.04. The molecule has 4 nitrogen and oxygen atoms in total. The summed E-state index contributed by atoms with van der Waals surface area (Å²) in [6, 6.07) is 6.07. The molecule has 0 aliphatic carbocycles. The number of hydrogen-bond donors (Lipinski definition) is 1. The van der Waals surface area contributed by atoms with Crippen LogP contribution in [0.5, 0.6) is 11.5 Å². The minimum absolute atomic E-state index is 0.0329. The van der Waals surface area contributed by atoms with Crippen molar-refractivity contribution in [3.05, 3.63) is 23.8 Å². The van der Waals surface area contributed by atoms with Gasteiger partial charge in [-0.3, -0.25) is 0 Å². The Hall–Kier alpha value is -1.26. The van der Waals surface area contributed by atoms with Gasteiger partial charge >= 0.3 is 0 Å². The second-order valence-electron chi connectivity index (χ2n) is 6.68. The van der Waals surface area contributed by atoms with Crippen molar-refractivity contribution in [1.29, 1.82) is 0 Å². The Kier molecular flexibility index (Phi) is 4.09. The van der Waals surface area contributed by atoms with E-state index in [0.717, 1.165) is 36.7 Å². The van der Waals surface area contributed by atoms with E-state index in [4.69, 9.17) is 15.2 Å². The molecule has 1 fully saturated rings. The average Bonchev–Trinajstić information content (AvgIpc) is 2.97. The summed E-state index contributed by atoms with van der Waals surface area (Å²) in [5, 5.41) is 0. The number of benzene rings is 1. The lowest BCUT2D eigenvalue weighted by Crippen LogP contribution is -2.41. The Bertz CT molecular complexity index is 496. The van der Waals surface area contributed by atoms with Crippen LogP contribution in [0.1, 0.15) is 44.7 Å². The maximum atomic E-state index is 6.38. The normalized spacial score (nSPS) is 22.2. The van der Waals surface area contributed by atoms with E-state index in [-0.39, 0.29) is 6.04 Å². The van der Waals surface area contributed by atoms with Crippen molar-refractivity contribution in [1.82, 2.24) is 4.90 Å². The SMILES string of the molecule is CCC1(C)CCN(CC(N)c2ccc3c(c2)OCO3)CC1. The van der Waals surface area contributed by atoms with Gasteiger partial charge in [0, 0.05) is 12.6 Å². The first kappa shape index (κ1) is 14.7. The molecule has 1 atom stereocenters. The number of nitrogens with two attached hydrogens (primary N) is 1. The van der Waals surface area contributed by atoms with Crippen LogP contribution in [0.2, 0.25) is 0 Å². The van der Waals surface area contributed by atoms with Crippen LogP contribution < -0.4 is 15.2 Å². The minimum atomic E-state index is 0.0329. The van der Waals surface area contributed by atoms with Crippen LogP contribution in [0.15, 0.2) is 18.2 Å². The van der Waals surface area contributed by atoms with Crippen molar-refractivity contribution >= 4 is 0 Å². The Morgan fingerprint density at radius 3 is 2.67 bits per heavy atom. The third kappa shape index (κ3) is 3.16. The van der Waals surface area contributed by atoms with Gasteiger partial charge in [-0.15, -0.1) is 0 Å². The van der Waals surface area contributed by atoms with E-state index in [0.29, 0.717) is 12.2 Å². The molecule has 1 aromatic carbocycles. The second kappa shape index (κ2) is 5.85. The van der Waals surface area contributed by atoms with Crippen LogP contribution in [0.4, 0.5) is 0 Å². The molecule has 1 unspecified atom stereocenters. The number of fused-ring (bicyclic) bond motifs is 1. The molecule has 116 valence electrons. The van der Waals surface area contributed by atoms with Gasteiger partial charge < -0.3 is 20.1 Å². The molecule has 1 aromatic rings. The lowest BCUT2D eigenvalue weighted by atomic mass is 9.78. The molecule has 0 saturated carbocycles. The topological polar surface area (TPSA) is 47.7 Å². The van der Waals surface area contributed by atoms with Crippen LogP contribution in [0.3, 0.4) is 0 Å². The standard InChI is InChI=1S/C17H26N2O2/c1-3-17(2)6-8-19(9-7-17)11-14(18)13-4-5-15-16(10-13)21-12-20-15/h4-5,10,14H,3,6-9,11-12,18H2,1-2H3. The summed E-state index contributed by atoms with van der Waals surface area (Å²) in [4.78, 5) is 2.49. The van der Waals surface area contributed by atoms with Gasteiger partial charge in [0.1, 0.15) is 0 Å². The van der Waals surface area contributed by atoms with E-state index in [1.807, 2.05) is 12.1 Å². The maximum Gasteiger partial charge on any atom is 0.231 e. The minimum Gasteiger partial charge on any atom is -0.454 e. The molecule has 0 aromatic heterocycles. The molecule has 3 rings (SSSR count).